The van der Waals surface area contributed by atoms with Crippen molar-refractivity contribution >= 4 is 0 Å². The Balaban J connectivity index is 2.07. The van der Waals surface area contributed by atoms with Gasteiger partial charge in [-0.3, -0.25) is 0 Å². The van der Waals surface area contributed by atoms with Crippen molar-refractivity contribution < 1.29 is 23.0 Å². The van der Waals surface area contributed by atoms with E-state index in [0.717, 1.165) is 6.54 Å². The molecule has 1 aromatic carbocycles. The van der Waals surface area contributed by atoms with Crippen LogP contribution < -0.4 is 10.1 Å². The van der Waals surface area contributed by atoms with E-state index < -0.39 is 12.0 Å². The number of alkyl halides is 3. The Morgan fingerprint density at radius 2 is 2.17 bits per heavy atom. The minimum absolute atomic E-state index is 0.255. The first-order valence-electron chi connectivity index (χ1n) is 5.64. The molecule has 2 N–H and O–H groups in total. The van der Waals surface area contributed by atoms with Crippen LogP contribution in [0.2, 0.25) is 0 Å². The Bertz CT molecular complexity index is 414. The normalized spacial score (nSPS) is 24.2. The molecule has 1 heterocycles. The van der Waals surface area contributed by atoms with Crippen LogP contribution >= 0.6 is 0 Å². The van der Waals surface area contributed by atoms with Gasteiger partial charge in [0.15, 0.2) is 0 Å². The highest BCUT2D eigenvalue weighted by atomic mass is 19.4. The van der Waals surface area contributed by atoms with Gasteiger partial charge in [0.2, 0.25) is 0 Å². The molecular formula is C12H14F3NO2. The predicted molar refractivity (Wildman–Crippen MR) is 59.3 cm³/mol. The maximum absolute atomic E-state index is 12.1. The molecule has 100 valence electrons. The van der Waals surface area contributed by atoms with Gasteiger partial charge in [-0.05, 0) is 30.7 Å². The summed E-state index contributed by atoms with van der Waals surface area (Å²) < 4.78 is 40.1. The summed E-state index contributed by atoms with van der Waals surface area (Å²) in [4.78, 5) is 0. The molecule has 6 heteroatoms. The van der Waals surface area contributed by atoms with Gasteiger partial charge in [0.05, 0.1) is 5.60 Å². The van der Waals surface area contributed by atoms with E-state index in [1.54, 1.807) is 6.07 Å². The van der Waals surface area contributed by atoms with Crippen molar-refractivity contribution in [3.05, 3.63) is 29.8 Å². The van der Waals surface area contributed by atoms with Gasteiger partial charge in [0.25, 0.3) is 0 Å². The number of hydrogen-bond acceptors (Lipinski definition) is 3. The van der Waals surface area contributed by atoms with E-state index in [1.165, 1.54) is 18.2 Å². The Kier molecular flexibility index (Phi) is 3.49. The van der Waals surface area contributed by atoms with Crippen molar-refractivity contribution in [1.82, 2.24) is 5.32 Å². The summed E-state index contributed by atoms with van der Waals surface area (Å²) in [7, 11) is 0. The van der Waals surface area contributed by atoms with E-state index in [1.807, 2.05) is 0 Å². The van der Waals surface area contributed by atoms with Gasteiger partial charge < -0.3 is 15.2 Å². The van der Waals surface area contributed by atoms with Gasteiger partial charge in [-0.2, -0.15) is 0 Å². The smallest absolute Gasteiger partial charge is 0.406 e. The third-order valence-corrected chi connectivity index (χ3v) is 2.89. The summed E-state index contributed by atoms with van der Waals surface area (Å²) >= 11 is 0. The van der Waals surface area contributed by atoms with Gasteiger partial charge in [0, 0.05) is 13.0 Å². The Morgan fingerprint density at radius 3 is 2.78 bits per heavy atom. The molecule has 0 aromatic heterocycles. The minimum atomic E-state index is -4.69. The van der Waals surface area contributed by atoms with E-state index >= 15 is 0 Å². The monoisotopic (exact) mass is 261 g/mol. The molecule has 2 rings (SSSR count). The first-order chi connectivity index (χ1) is 8.36. The van der Waals surface area contributed by atoms with Gasteiger partial charge in [-0.1, -0.05) is 12.1 Å². The average molecular weight is 261 g/mol. The van der Waals surface area contributed by atoms with Crippen LogP contribution in [0, 0.1) is 0 Å². The van der Waals surface area contributed by atoms with Crippen LogP contribution in [0.4, 0.5) is 13.2 Å². The first-order valence-corrected chi connectivity index (χ1v) is 5.64. The largest absolute Gasteiger partial charge is 0.573 e. The topological polar surface area (TPSA) is 41.5 Å². The number of rotatable bonds is 3. The predicted octanol–water partition coefficient (Wildman–Crippen LogP) is 1.85. The summed E-state index contributed by atoms with van der Waals surface area (Å²) in [5.74, 6) is -0.255. The fraction of sp³-hybridized carbons (Fsp3) is 0.500. The van der Waals surface area contributed by atoms with Crippen molar-refractivity contribution in [2.45, 2.75) is 24.8 Å². The molecule has 0 aliphatic carbocycles. The van der Waals surface area contributed by atoms with Crippen LogP contribution in [-0.4, -0.2) is 30.2 Å². The number of β-amino-alcohol motifs (C(OH)–C–C–N with tert-alkyl or cyclic N) is 1. The highest BCUT2D eigenvalue weighted by molar-refractivity contribution is 5.30. The molecule has 1 aromatic rings. The second-order valence-corrected chi connectivity index (χ2v) is 4.52. The van der Waals surface area contributed by atoms with Gasteiger partial charge in [-0.15, -0.1) is 13.2 Å². The maximum Gasteiger partial charge on any atom is 0.573 e. The Morgan fingerprint density at radius 1 is 1.39 bits per heavy atom. The lowest BCUT2D eigenvalue weighted by atomic mass is 9.94. The van der Waals surface area contributed by atoms with Gasteiger partial charge in [-0.25, -0.2) is 0 Å². The molecule has 1 fully saturated rings. The standard InChI is InChI=1S/C12H14F3NO2/c13-12(14,15)18-10-3-1-2-9(6-10)7-11(17)4-5-16-8-11/h1-3,6,16-17H,4-5,7-8H2. The van der Waals surface area contributed by atoms with Crippen LogP contribution in [-0.2, 0) is 6.42 Å². The SMILES string of the molecule is OC1(Cc2cccc(OC(F)(F)F)c2)CCNC1. The molecule has 0 bridgehead atoms. The molecule has 0 spiro atoms. The fourth-order valence-electron chi connectivity index (χ4n) is 2.11. The second-order valence-electron chi connectivity index (χ2n) is 4.52. The quantitative estimate of drug-likeness (QED) is 0.872. The molecule has 1 saturated heterocycles. The number of nitrogens with one attached hydrogen (secondary N) is 1. The zero-order valence-corrected chi connectivity index (χ0v) is 9.63. The van der Waals surface area contributed by atoms with Crippen LogP contribution in [0.3, 0.4) is 0 Å². The molecule has 0 amide bonds. The average Bonchev–Trinajstić information content (AvgIpc) is 2.62. The number of hydrogen-bond donors (Lipinski definition) is 2. The third kappa shape index (κ3) is 3.61. The van der Waals surface area contributed by atoms with Crippen LogP contribution in [0.15, 0.2) is 24.3 Å². The molecule has 0 radical (unpaired) electrons. The van der Waals surface area contributed by atoms with Crippen molar-refractivity contribution in [1.29, 1.82) is 0 Å². The molecule has 1 atom stereocenters. The second kappa shape index (κ2) is 4.78. The molecule has 1 unspecified atom stereocenters. The van der Waals surface area contributed by atoms with Crippen molar-refractivity contribution in [3.8, 4) is 5.75 Å². The van der Waals surface area contributed by atoms with E-state index in [4.69, 9.17) is 0 Å². The molecule has 0 saturated carbocycles. The molecular weight excluding hydrogens is 247 g/mol. The highest BCUT2D eigenvalue weighted by Crippen LogP contribution is 2.26. The lowest BCUT2D eigenvalue weighted by Crippen LogP contribution is -2.33. The van der Waals surface area contributed by atoms with Crippen molar-refractivity contribution in [2.75, 3.05) is 13.1 Å². The zero-order chi connectivity index (χ0) is 13.2. The Hall–Kier alpha value is -1.27. The first kappa shape index (κ1) is 13.2. The van der Waals surface area contributed by atoms with Crippen molar-refractivity contribution in [3.63, 3.8) is 0 Å². The molecule has 1 aliphatic rings. The third-order valence-electron chi connectivity index (χ3n) is 2.89. The van der Waals surface area contributed by atoms with E-state index in [9.17, 15) is 18.3 Å². The van der Waals surface area contributed by atoms with Gasteiger partial charge in [0.1, 0.15) is 5.75 Å². The lowest BCUT2D eigenvalue weighted by Gasteiger charge is -2.21. The highest BCUT2D eigenvalue weighted by Gasteiger charge is 2.33. The van der Waals surface area contributed by atoms with Crippen molar-refractivity contribution in [2.24, 2.45) is 0 Å². The van der Waals surface area contributed by atoms with E-state index in [2.05, 4.69) is 10.1 Å². The van der Waals surface area contributed by atoms with E-state index in [0.29, 0.717) is 24.9 Å². The minimum Gasteiger partial charge on any atom is -0.406 e. The fourth-order valence-corrected chi connectivity index (χ4v) is 2.11. The molecule has 3 nitrogen and oxygen atoms in total. The van der Waals surface area contributed by atoms with E-state index in [-0.39, 0.29) is 5.75 Å². The summed E-state index contributed by atoms with van der Waals surface area (Å²) in [6, 6.07) is 5.72. The molecule has 1 aliphatic heterocycles. The van der Waals surface area contributed by atoms with Gasteiger partial charge >= 0.3 is 6.36 Å². The number of ether oxygens (including phenoxy) is 1. The van der Waals surface area contributed by atoms with Crippen LogP contribution in [0.1, 0.15) is 12.0 Å². The summed E-state index contributed by atoms with van der Waals surface area (Å²) in [5, 5.41) is 13.2. The summed E-state index contributed by atoms with van der Waals surface area (Å²) in [5.41, 5.74) is -0.250. The van der Waals surface area contributed by atoms with Crippen LogP contribution in [0.25, 0.3) is 0 Å². The number of aliphatic hydroxyl groups is 1. The number of halogens is 3. The summed E-state index contributed by atoms with van der Waals surface area (Å²) in [6.45, 7) is 1.17. The zero-order valence-electron chi connectivity index (χ0n) is 9.63. The lowest BCUT2D eigenvalue weighted by molar-refractivity contribution is -0.274. The number of benzene rings is 1. The maximum atomic E-state index is 12.1. The molecule has 18 heavy (non-hydrogen) atoms. The Labute approximate surface area is 103 Å². The van der Waals surface area contributed by atoms with Crippen LogP contribution in [0.5, 0.6) is 5.75 Å². The summed E-state index contributed by atoms with van der Waals surface area (Å²) in [6.07, 6.45) is -3.78.